The molecule has 4 nitrogen and oxygen atoms in total. The van der Waals surface area contributed by atoms with Gasteiger partial charge in [0.1, 0.15) is 0 Å². The van der Waals surface area contributed by atoms with Crippen molar-refractivity contribution in [3.63, 3.8) is 0 Å². The zero-order valence-corrected chi connectivity index (χ0v) is 16.8. The molecule has 0 spiro atoms. The highest BCUT2D eigenvalue weighted by molar-refractivity contribution is 7.99. The molecule has 0 bridgehead atoms. The third kappa shape index (κ3) is 5.85. The summed E-state index contributed by atoms with van der Waals surface area (Å²) in [5.74, 6) is 2.54. The zero-order valence-electron chi connectivity index (χ0n) is 15.3. The third-order valence-electron chi connectivity index (χ3n) is 3.97. The fourth-order valence-corrected chi connectivity index (χ4v) is 3.49. The van der Waals surface area contributed by atoms with Crippen LogP contribution in [0.25, 0.3) is 0 Å². The predicted octanol–water partition coefficient (Wildman–Crippen LogP) is 4.86. The highest BCUT2D eigenvalue weighted by Crippen LogP contribution is 2.30. The first kappa shape index (κ1) is 20.5. The van der Waals surface area contributed by atoms with Crippen LogP contribution in [0.5, 0.6) is 11.5 Å². The molecule has 0 aliphatic rings. The van der Waals surface area contributed by atoms with E-state index in [1.165, 1.54) is 0 Å². The molecule has 2 aromatic rings. The minimum Gasteiger partial charge on any atom is -0.493 e. The number of halogens is 1. The number of hydrogen-bond acceptors (Lipinski definition) is 4. The predicted molar refractivity (Wildman–Crippen MR) is 108 cm³/mol. The van der Waals surface area contributed by atoms with E-state index in [0.717, 1.165) is 28.3 Å². The Kier molecular flexibility index (Phi) is 8.13. The van der Waals surface area contributed by atoms with Crippen LogP contribution in [-0.4, -0.2) is 25.9 Å². The molecule has 0 aromatic heterocycles. The number of carbonyl (C=O) groups excluding carboxylic acids is 1. The first-order chi connectivity index (χ1) is 12.6. The van der Waals surface area contributed by atoms with Gasteiger partial charge in [-0.1, -0.05) is 36.7 Å². The minimum atomic E-state index is -0.0570. The van der Waals surface area contributed by atoms with Gasteiger partial charge in [-0.15, -0.1) is 11.8 Å². The Morgan fingerprint density at radius 3 is 2.42 bits per heavy atom. The lowest BCUT2D eigenvalue weighted by atomic mass is 10.0. The molecule has 0 radical (unpaired) electrons. The second-order valence-corrected chi connectivity index (χ2v) is 7.18. The molecule has 0 heterocycles. The maximum absolute atomic E-state index is 12.3. The molecule has 26 heavy (non-hydrogen) atoms. The van der Waals surface area contributed by atoms with Gasteiger partial charge >= 0.3 is 0 Å². The van der Waals surface area contributed by atoms with Crippen molar-refractivity contribution in [1.82, 2.24) is 5.32 Å². The van der Waals surface area contributed by atoms with Crippen LogP contribution < -0.4 is 14.8 Å². The van der Waals surface area contributed by atoms with E-state index < -0.39 is 0 Å². The van der Waals surface area contributed by atoms with E-state index in [0.29, 0.717) is 17.3 Å². The molecule has 2 aromatic carbocycles. The van der Waals surface area contributed by atoms with Crippen LogP contribution in [-0.2, 0) is 10.5 Å². The van der Waals surface area contributed by atoms with Crippen LogP contribution in [0.15, 0.2) is 42.5 Å². The molecular formula is C20H24ClNO3S. The Hall–Kier alpha value is -1.85. The molecule has 1 atom stereocenters. The maximum atomic E-state index is 12.3. The first-order valence-electron chi connectivity index (χ1n) is 8.40. The molecule has 2 rings (SSSR count). The average molecular weight is 394 g/mol. The number of methoxy groups -OCH3 is 2. The Labute approximate surface area is 164 Å². The van der Waals surface area contributed by atoms with Crippen molar-refractivity contribution in [2.75, 3.05) is 20.0 Å². The van der Waals surface area contributed by atoms with E-state index >= 15 is 0 Å². The van der Waals surface area contributed by atoms with Crippen molar-refractivity contribution in [3.8, 4) is 11.5 Å². The van der Waals surface area contributed by atoms with Gasteiger partial charge in [0.05, 0.1) is 26.0 Å². The van der Waals surface area contributed by atoms with Crippen LogP contribution in [0.3, 0.4) is 0 Å². The summed E-state index contributed by atoms with van der Waals surface area (Å²) >= 11 is 7.46. The summed E-state index contributed by atoms with van der Waals surface area (Å²) in [6.07, 6.45) is 0.795. The van der Waals surface area contributed by atoms with E-state index in [4.69, 9.17) is 21.1 Å². The van der Waals surface area contributed by atoms with Gasteiger partial charge in [0.2, 0.25) is 5.91 Å². The number of carbonyl (C=O) groups is 1. The van der Waals surface area contributed by atoms with Gasteiger partial charge in [-0.25, -0.2) is 0 Å². The van der Waals surface area contributed by atoms with Crippen LogP contribution in [0.2, 0.25) is 5.02 Å². The molecule has 0 aliphatic heterocycles. The van der Waals surface area contributed by atoms with Crippen molar-refractivity contribution in [1.29, 1.82) is 0 Å². The molecule has 0 fully saturated rings. The lowest BCUT2D eigenvalue weighted by Gasteiger charge is -2.19. The number of benzene rings is 2. The number of hydrogen-bond donors (Lipinski definition) is 1. The largest absolute Gasteiger partial charge is 0.493 e. The first-order valence-corrected chi connectivity index (χ1v) is 9.94. The fourth-order valence-electron chi connectivity index (χ4n) is 2.57. The topological polar surface area (TPSA) is 47.6 Å². The zero-order chi connectivity index (χ0) is 18.9. The summed E-state index contributed by atoms with van der Waals surface area (Å²) in [5.41, 5.74) is 2.15. The lowest BCUT2D eigenvalue weighted by molar-refractivity contribution is -0.119. The monoisotopic (exact) mass is 393 g/mol. The van der Waals surface area contributed by atoms with Gasteiger partial charge in [0.15, 0.2) is 11.5 Å². The lowest BCUT2D eigenvalue weighted by Crippen LogP contribution is -2.29. The summed E-state index contributed by atoms with van der Waals surface area (Å²) in [6.45, 7) is 2.04. The number of ether oxygens (including phenoxy) is 2. The molecule has 0 saturated heterocycles. The Morgan fingerprint density at radius 2 is 1.81 bits per heavy atom. The summed E-state index contributed by atoms with van der Waals surface area (Å²) in [5, 5.41) is 3.81. The second-order valence-electron chi connectivity index (χ2n) is 5.76. The van der Waals surface area contributed by atoms with Crippen LogP contribution in [0.4, 0.5) is 0 Å². The van der Waals surface area contributed by atoms with E-state index in [-0.39, 0.29) is 11.9 Å². The van der Waals surface area contributed by atoms with Gasteiger partial charge in [-0.3, -0.25) is 4.79 Å². The van der Waals surface area contributed by atoms with E-state index in [9.17, 15) is 4.79 Å². The van der Waals surface area contributed by atoms with Crippen LogP contribution >= 0.6 is 23.4 Å². The van der Waals surface area contributed by atoms with E-state index in [2.05, 4.69) is 5.32 Å². The molecule has 0 aliphatic carbocycles. The molecular weight excluding hydrogens is 370 g/mol. The third-order valence-corrected chi connectivity index (χ3v) is 5.22. The van der Waals surface area contributed by atoms with Crippen molar-refractivity contribution in [3.05, 3.63) is 58.6 Å². The van der Waals surface area contributed by atoms with E-state index in [1.54, 1.807) is 26.0 Å². The summed E-state index contributed by atoms with van der Waals surface area (Å²) in [6, 6.07) is 13.3. The summed E-state index contributed by atoms with van der Waals surface area (Å²) < 4.78 is 10.6. The van der Waals surface area contributed by atoms with Gasteiger partial charge in [0, 0.05) is 10.8 Å². The number of nitrogens with one attached hydrogen (secondary N) is 1. The molecule has 0 unspecified atom stereocenters. The minimum absolute atomic E-state index is 0.0191. The quantitative estimate of drug-likeness (QED) is 0.661. The standard InChI is InChI=1S/C20H24ClNO3S/c1-4-17(15-7-10-18(24-2)19(11-15)25-3)22-20(23)13-26-12-14-5-8-16(21)9-6-14/h5-11,17H,4,12-13H2,1-3H3,(H,22,23)/t17-/m0/s1. The molecule has 0 saturated carbocycles. The second kappa shape index (κ2) is 10.3. The average Bonchev–Trinajstić information content (AvgIpc) is 2.67. The summed E-state index contributed by atoms with van der Waals surface area (Å²) in [4.78, 5) is 12.3. The molecule has 1 amide bonds. The van der Waals surface area contributed by atoms with Crippen molar-refractivity contribution in [2.24, 2.45) is 0 Å². The van der Waals surface area contributed by atoms with Gasteiger partial charge in [-0.2, -0.15) is 0 Å². The van der Waals surface area contributed by atoms with Crippen molar-refractivity contribution >= 4 is 29.3 Å². The molecule has 6 heteroatoms. The highest BCUT2D eigenvalue weighted by Gasteiger charge is 2.15. The van der Waals surface area contributed by atoms with Gasteiger partial charge in [0.25, 0.3) is 0 Å². The number of amides is 1. The maximum Gasteiger partial charge on any atom is 0.230 e. The molecule has 140 valence electrons. The summed E-state index contributed by atoms with van der Waals surface area (Å²) in [7, 11) is 3.21. The number of thioether (sulfide) groups is 1. The number of rotatable bonds is 9. The Bertz CT molecular complexity index is 721. The van der Waals surface area contributed by atoms with Crippen LogP contribution in [0, 0.1) is 0 Å². The Balaban J connectivity index is 1.90. The van der Waals surface area contributed by atoms with E-state index in [1.807, 2.05) is 49.4 Å². The van der Waals surface area contributed by atoms with Crippen LogP contribution in [0.1, 0.15) is 30.5 Å². The highest BCUT2D eigenvalue weighted by atomic mass is 35.5. The van der Waals surface area contributed by atoms with Gasteiger partial charge < -0.3 is 14.8 Å². The fraction of sp³-hybridized carbons (Fsp3) is 0.350. The SMILES string of the molecule is CC[C@H](NC(=O)CSCc1ccc(Cl)cc1)c1ccc(OC)c(OC)c1. The van der Waals surface area contributed by atoms with Crippen molar-refractivity contribution in [2.45, 2.75) is 25.1 Å². The smallest absolute Gasteiger partial charge is 0.230 e. The molecule has 1 N–H and O–H groups in total. The normalized spacial score (nSPS) is 11.7. The van der Waals surface area contributed by atoms with Gasteiger partial charge in [-0.05, 0) is 41.8 Å². The Morgan fingerprint density at radius 1 is 1.12 bits per heavy atom. The van der Waals surface area contributed by atoms with Crippen molar-refractivity contribution < 1.29 is 14.3 Å².